The Bertz CT molecular complexity index is 836. The van der Waals surface area contributed by atoms with Gasteiger partial charge in [0.2, 0.25) is 5.91 Å². The predicted molar refractivity (Wildman–Crippen MR) is 103 cm³/mol. The van der Waals surface area contributed by atoms with Crippen molar-refractivity contribution in [1.82, 2.24) is 4.90 Å². The van der Waals surface area contributed by atoms with E-state index >= 15 is 0 Å². The molecule has 0 saturated carbocycles. The van der Waals surface area contributed by atoms with Crippen molar-refractivity contribution in [3.8, 4) is 0 Å². The van der Waals surface area contributed by atoms with Gasteiger partial charge in [0.1, 0.15) is 12.6 Å². The van der Waals surface area contributed by atoms with Crippen LogP contribution in [-0.2, 0) is 27.4 Å². The van der Waals surface area contributed by atoms with Gasteiger partial charge >= 0.3 is 12.1 Å². The van der Waals surface area contributed by atoms with Gasteiger partial charge in [-0.25, -0.2) is 4.79 Å². The number of likely N-dealkylation sites (tertiary alicyclic amines) is 1. The van der Waals surface area contributed by atoms with Crippen molar-refractivity contribution in [3.63, 3.8) is 0 Å². The molecule has 3 rings (SSSR count). The summed E-state index contributed by atoms with van der Waals surface area (Å²) in [6.07, 6.45) is 0.732. The zero-order valence-corrected chi connectivity index (χ0v) is 15.3. The monoisotopic (exact) mass is 382 g/mol. The summed E-state index contributed by atoms with van der Waals surface area (Å²) in [5, 5.41) is 11.6. The van der Waals surface area contributed by atoms with E-state index in [-0.39, 0.29) is 18.9 Å². The zero-order chi connectivity index (χ0) is 19.9. The lowest BCUT2D eigenvalue weighted by Crippen LogP contribution is -2.43. The Balaban J connectivity index is 1.56. The van der Waals surface area contributed by atoms with Gasteiger partial charge in [0, 0.05) is 12.2 Å². The molecule has 28 heavy (non-hydrogen) atoms. The highest BCUT2D eigenvalue weighted by atomic mass is 16.6. The van der Waals surface area contributed by atoms with Gasteiger partial charge in [-0.15, -0.1) is 0 Å². The van der Waals surface area contributed by atoms with Gasteiger partial charge in [0.15, 0.2) is 0 Å². The number of anilines is 1. The fourth-order valence-electron chi connectivity index (χ4n) is 3.17. The molecule has 0 aromatic heterocycles. The summed E-state index contributed by atoms with van der Waals surface area (Å²) in [5.41, 5.74) is 2.10. The molecule has 0 bridgehead atoms. The number of carbonyl (C=O) groups is 3. The second-order valence-corrected chi connectivity index (χ2v) is 6.65. The molecule has 1 heterocycles. The molecule has 2 aromatic rings. The van der Waals surface area contributed by atoms with Crippen molar-refractivity contribution in [2.45, 2.75) is 31.9 Å². The fraction of sp³-hybridized carbons (Fsp3) is 0.286. The summed E-state index contributed by atoms with van der Waals surface area (Å²) >= 11 is 0. The molecule has 1 atom stereocenters. The molecular formula is C21H22N2O5. The minimum Gasteiger partial charge on any atom is -0.481 e. The van der Waals surface area contributed by atoms with Crippen molar-refractivity contribution in [3.05, 3.63) is 65.7 Å². The predicted octanol–water partition coefficient (Wildman–Crippen LogP) is 3.05. The molecule has 1 aliphatic rings. The van der Waals surface area contributed by atoms with Crippen LogP contribution in [0.2, 0.25) is 0 Å². The summed E-state index contributed by atoms with van der Waals surface area (Å²) in [6, 6.07) is 15.4. The number of nitrogens with one attached hydrogen (secondary N) is 1. The molecule has 7 heteroatoms. The smallest absolute Gasteiger partial charge is 0.410 e. The molecular weight excluding hydrogens is 360 g/mol. The minimum atomic E-state index is -0.910. The first-order valence-electron chi connectivity index (χ1n) is 9.12. The van der Waals surface area contributed by atoms with E-state index in [1.807, 2.05) is 30.3 Å². The van der Waals surface area contributed by atoms with Gasteiger partial charge in [-0.3, -0.25) is 14.5 Å². The summed E-state index contributed by atoms with van der Waals surface area (Å²) in [5.74, 6) is -1.19. The molecule has 0 unspecified atom stereocenters. The van der Waals surface area contributed by atoms with Crippen LogP contribution in [0, 0.1) is 0 Å². The van der Waals surface area contributed by atoms with Gasteiger partial charge in [-0.1, -0.05) is 42.5 Å². The van der Waals surface area contributed by atoms with Crippen LogP contribution in [0.3, 0.4) is 0 Å². The maximum atomic E-state index is 12.6. The molecule has 1 aliphatic heterocycles. The number of carboxylic acids is 1. The van der Waals surface area contributed by atoms with Gasteiger partial charge in [0.25, 0.3) is 0 Å². The Hall–Kier alpha value is -3.35. The van der Waals surface area contributed by atoms with E-state index in [9.17, 15) is 14.4 Å². The maximum Gasteiger partial charge on any atom is 0.410 e. The zero-order valence-electron chi connectivity index (χ0n) is 15.3. The molecule has 146 valence electrons. The number of amides is 2. The second-order valence-electron chi connectivity index (χ2n) is 6.65. The molecule has 1 fully saturated rings. The topological polar surface area (TPSA) is 95.9 Å². The maximum absolute atomic E-state index is 12.6. The van der Waals surface area contributed by atoms with Crippen LogP contribution in [0.5, 0.6) is 0 Å². The van der Waals surface area contributed by atoms with E-state index in [0.29, 0.717) is 24.2 Å². The summed E-state index contributed by atoms with van der Waals surface area (Å²) in [6.45, 7) is 0.638. The third kappa shape index (κ3) is 5.09. The highest BCUT2D eigenvalue weighted by molar-refractivity contribution is 5.96. The Morgan fingerprint density at radius 2 is 1.75 bits per heavy atom. The van der Waals surface area contributed by atoms with E-state index in [1.54, 1.807) is 24.3 Å². The quantitative estimate of drug-likeness (QED) is 0.801. The van der Waals surface area contributed by atoms with Crippen molar-refractivity contribution in [2.75, 3.05) is 11.9 Å². The van der Waals surface area contributed by atoms with Crippen LogP contribution < -0.4 is 5.32 Å². The Labute approximate surface area is 162 Å². The van der Waals surface area contributed by atoms with Crippen LogP contribution in [0.25, 0.3) is 0 Å². The molecule has 2 aromatic carbocycles. The number of carbonyl (C=O) groups excluding carboxylic acids is 2. The second kappa shape index (κ2) is 9.03. The molecule has 0 radical (unpaired) electrons. The van der Waals surface area contributed by atoms with Crippen LogP contribution in [-0.4, -0.2) is 40.6 Å². The van der Waals surface area contributed by atoms with Gasteiger partial charge in [-0.05, 0) is 36.1 Å². The van der Waals surface area contributed by atoms with Gasteiger partial charge in [-0.2, -0.15) is 0 Å². The van der Waals surface area contributed by atoms with Crippen molar-refractivity contribution < 1.29 is 24.2 Å². The number of hydrogen-bond donors (Lipinski definition) is 2. The molecule has 1 saturated heterocycles. The van der Waals surface area contributed by atoms with Crippen LogP contribution in [0.4, 0.5) is 10.5 Å². The Morgan fingerprint density at radius 1 is 1.04 bits per heavy atom. The average Bonchev–Trinajstić information content (AvgIpc) is 3.18. The van der Waals surface area contributed by atoms with Crippen molar-refractivity contribution >= 4 is 23.7 Å². The number of ether oxygens (including phenoxy) is 1. The van der Waals surface area contributed by atoms with Crippen LogP contribution in [0.15, 0.2) is 54.6 Å². The standard InChI is InChI=1S/C21H22N2O5/c24-19(25)13-15-8-10-17(11-9-15)22-20(26)18-7-4-12-23(18)21(27)28-14-16-5-2-1-3-6-16/h1-3,5-6,8-11,18H,4,7,12-14H2,(H,22,26)(H,24,25)/t18-/m0/s1. The van der Waals surface area contributed by atoms with E-state index < -0.39 is 18.1 Å². The van der Waals surface area contributed by atoms with Crippen LogP contribution >= 0.6 is 0 Å². The first kappa shape index (κ1) is 19.4. The highest BCUT2D eigenvalue weighted by Gasteiger charge is 2.35. The summed E-state index contributed by atoms with van der Waals surface area (Å²) in [7, 11) is 0. The first-order chi connectivity index (χ1) is 13.5. The average molecular weight is 382 g/mol. The first-order valence-corrected chi connectivity index (χ1v) is 9.12. The minimum absolute atomic E-state index is 0.0715. The van der Waals surface area contributed by atoms with E-state index in [4.69, 9.17) is 9.84 Å². The largest absolute Gasteiger partial charge is 0.481 e. The molecule has 0 aliphatic carbocycles. The van der Waals surface area contributed by atoms with Crippen molar-refractivity contribution in [1.29, 1.82) is 0 Å². The number of benzene rings is 2. The number of aliphatic carboxylic acids is 1. The summed E-state index contributed by atoms with van der Waals surface area (Å²) < 4.78 is 5.35. The third-order valence-corrected chi connectivity index (χ3v) is 4.57. The Kier molecular flexibility index (Phi) is 6.26. The van der Waals surface area contributed by atoms with Gasteiger partial charge in [0.05, 0.1) is 6.42 Å². The fourth-order valence-corrected chi connectivity index (χ4v) is 3.17. The summed E-state index contributed by atoms with van der Waals surface area (Å²) in [4.78, 5) is 37.2. The number of carboxylic acid groups (broad SMARTS) is 1. The molecule has 2 N–H and O–H groups in total. The van der Waals surface area contributed by atoms with E-state index in [0.717, 1.165) is 12.0 Å². The number of hydrogen-bond acceptors (Lipinski definition) is 4. The highest BCUT2D eigenvalue weighted by Crippen LogP contribution is 2.21. The third-order valence-electron chi connectivity index (χ3n) is 4.57. The number of nitrogens with zero attached hydrogens (tertiary/aromatic N) is 1. The molecule has 2 amide bonds. The van der Waals surface area contributed by atoms with Crippen molar-refractivity contribution in [2.24, 2.45) is 0 Å². The molecule has 7 nitrogen and oxygen atoms in total. The van der Waals surface area contributed by atoms with E-state index in [2.05, 4.69) is 5.32 Å². The van der Waals surface area contributed by atoms with Crippen LogP contribution in [0.1, 0.15) is 24.0 Å². The lowest BCUT2D eigenvalue weighted by Gasteiger charge is -2.23. The van der Waals surface area contributed by atoms with E-state index in [1.165, 1.54) is 4.90 Å². The van der Waals surface area contributed by atoms with Gasteiger partial charge < -0.3 is 15.2 Å². The lowest BCUT2D eigenvalue weighted by molar-refractivity contribution is -0.136. The normalized spacial score (nSPS) is 15.9. The molecule has 0 spiro atoms. The lowest BCUT2D eigenvalue weighted by atomic mass is 10.1. The Morgan fingerprint density at radius 3 is 2.43 bits per heavy atom. The SMILES string of the molecule is O=C(O)Cc1ccc(NC(=O)[C@@H]2CCCN2C(=O)OCc2ccccc2)cc1. The number of rotatable bonds is 6.